The molecule has 0 aliphatic carbocycles. The number of anilines is 1. The minimum atomic E-state index is -1.16. The number of carboxylic acids is 1. The van der Waals surface area contributed by atoms with Gasteiger partial charge < -0.3 is 19.9 Å². The van der Waals surface area contributed by atoms with Gasteiger partial charge in [-0.25, -0.2) is 4.79 Å². The van der Waals surface area contributed by atoms with Gasteiger partial charge in [-0.1, -0.05) is 29.8 Å². The van der Waals surface area contributed by atoms with Crippen LogP contribution in [0.15, 0.2) is 42.5 Å². The Morgan fingerprint density at radius 2 is 1.91 bits per heavy atom. The quantitative estimate of drug-likeness (QED) is 0.847. The second-order valence-corrected chi connectivity index (χ2v) is 4.90. The Morgan fingerprint density at radius 3 is 2.52 bits per heavy atom. The number of hydrogen-bond donors (Lipinski definition) is 2. The number of methoxy groups -OCH3 is 1. The van der Waals surface area contributed by atoms with E-state index in [0.717, 1.165) is 0 Å². The van der Waals surface area contributed by atoms with Crippen molar-refractivity contribution in [2.45, 2.75) is 0 Å². The number of halogens is 1. The Hall–Kier alpha value is -2.73. The van der Waals surface area contributed by atoms with Gasteiger partial charge in [0.15, 0.2) is 12.4 Å². The number of carbonyl (C=O) groups excluding carboxylic acids is 1. The maximum Gasteiger partial charge on any atom is 0.335 e. The molecule has 0 unspecified atom stereocenters. The number of hydrogen-bond acceptors (Lipinski definition) is 4. The fourth-order valence-electron chi connectivity index (χ4n) is 1.87. The molecule has 0 radical (unpaired) electrons. The van der Waals surface area contributed by atoms with E-state index >= 15 is 0 Å². The van der Waals surface area contributed by atoms with E-state index in [-0.39, 0.29) is 28.6 Å². The van der Waals surface area contributed by atoms with Crippen LogP contribution < -0.4 is 14.8 Å². The van der Waals surface area contributed by atoms with Crippen LogP contribution in [0.3, 0.4) is 0 Å². The summed E-state index contributed by atoms with van der Waals surface area (Å²) in [6.45, 7) is -0.234. The number of para-hydroxylation sites is 1. The highest BCUT2D eigenvalue weighted by Gasteiger charge is 2.16. The predicted molar refractivity (Wildman–Crippen MR) is 85.5 cm³/mol. The fourth-order valence-corrected chi connectivity index (χ4v) is 2.17. The number of benzene rings is 2. The van der Waals surface area contributed by atoms with Gasteiger partial charge in [0, 0.05) is 0 Å². The number of rotatable bonds is 6. The van der Waals surface area contributed by atoms with Crippen molar-refractivity contribution in [3.05, 3.63) is 53.1 Å². The van der Waals surface area contributed by atoms with E-state index < -0.39 is 11.9 Å². The van der Waals surface area contributed by atoms with Gasteiger partial charge in [-0.15, -0.1) is 0 Å². The van der Waals surface area contributed by atoms with Crippen molar-refractivity contribution in [1.82, 2.24) is 0 Å². The molecule has 2 N–H and O–H groups in total. The SMILES string of the molecule is COc1c(Cl)cc(C(=O)O)cc1NC(=O)COc1ccccc1. The third-order valence-corrected chi connectivity index (χ3v) is 3.16. The van der Waals surface area contributed by atoms with Crippen molar-refractivity contribution in [1.29, 1.82) is 0 Å². The van der Waals surface area contributed by atoms with Crippen LogP contribution in [0.4, 0.5) is 5.69 Å². The lowest BCUT2D eigenvalue weighted by Gasteiger charge is -2.13. The van der Waals surface area contributed by atoms with E-state index in [9.17, 15) is 9.59 Å². The fraction of sp³-hybridized carbons (Fsp3) is 0.125. The molecule has 0 saturated heterocycles. The van der Waals surface area contributed by atoms with Crippen LogP contribution in [0.25, 0.3) is 0 Å². The first-order valence-corrected chi connectivity index (χ1v) is 6.97. The molecule has 120 valence electrons. The topological polar surface area (TPSA) is 84.9 Å². The zero-order valence-electron chi connectivity index (χ0n) is 12.2. The molecule has 6 nitrogen and oxygen atoms in total. The first-order chi connectivity index (χ1) is 11.0. The molecule has 0 aromatic heterocycles. The third kappa shape index (κ3) is 4.37. The maximum absolute atomic E-state index is 12.0. The van der Waals surface area contributed by atoms with Crippen molar-refractivity contribution >= 4 is 29.2 Å². The molecule has 2 rings (SSSR count). The molecule has 0 saturated carbocycles. The zero-order chi connectivity index (χ0) is 16.8. The lowest BCUT2D eigenvalue weighted by Crippen LogP contribution is -2.20. The first kappa shape index (κ1) is 16.6. The van der Waals surface area contributed by atoms with Crippen molar-refractivity contribution in [2.24, 2.45) is 0 Å². The van der Waals surface area contributed by atoms with Crippen LogP contribution in [0.2, 0.25) is 5.02 Å². The summed E-state index contributed by atoms with van der Waals surface area (Å²) in [6, 6.07) is 11.4. The van der Waals surface area contributed by atoms with Crippen LogP contribution in [-0.4, -0.2) is 30.7 Å². The number of ether oxygens (including phenoxy) is 2. The van der Waals surface area contributed by atoms with E-state index in [4.69, 9.17) is 26.2 Å². The number of amides is 1. The number of nitrogens with one attached hydrogen (secondary N) is 1. The zero-order valence-corrected chi connectivity index (χ0v) is 13.0. The maximum atomic E-state index is 12.0. The van der Waals surface area contributed by atoms with Crippen LogP contribution in [0, 0.1) is 0 Å². The summed E-state index contributed by atoms with van der Waals surface area (Å²) in [7, 11) is 1.37. The normalized spacial score (nSPS) is 10.0. The predicted octanol–water partition coefficient (Wildman–Crippen LogP) is 3.06. The van der Waals surface area contributed by atoms with Crippen LogP contribution in [-0.2, 0) is 4.79 Å². The number of aromatic carboxylic acids is 1. The van der Waals surface area contributed by atoms with Crippen LogP contribution in [0.5, 0.6) is 11.5 Å². The highest BCUT2D eigenvalue weighted by molar-refractivity contribution is 6.33. The molecule has 0 spiro atoms. The Balaban J connectivity index is 2.11. The third-order valence-electron chi connectivity index (χ3n) is 2.88. The molecule has 0 aliphatic heterocycles. The van der Waals surface area contributed by atoms with Gasteiger partial charge >= 0.3 is 5.97 Å². The number of carboxylic acid groups (broad SMARTS) is 1. The smallest absolute Gasteiger partial charge is 0.335 e. The van der Waals surface area contributed by atoms with Crippen molar-refractivity contribution in [2.75, 3.05) is 19.0 Å². The minimum absolute atomic E-state index is 0.0601. The first-order valence-electron chi connectivity index (χ1n) is 6.59. The molecule has 2 aromatic carbocycles. The molecule has 1 amide bonds. The van der Waals surface area contributed by atoms with Gasteiger partial charge in [-0.3, -0.25) is 4.79 Å². The van der Waals surface area contributed by atoms with Gasteiger partial charge in [-0.2, -0.15) is 0 Å². The molecule has 0 atom stereocenters. The van der Waals surface area contributed by atoms with E-state index in [2.05, 4.69) is 5.32 Å². The summed E-state index contributed by atoms with van der Waals surface area (Å²) >= 11 is 5.96. The molecule has 7 heteroatoms. The van der Waals surface area contributed by atoms with Crippen LogP contribution >= 0.6 is 11.6 Å². The summed E-state index contributed by atoms with van der Waals surface area (Å²) < 4.78 is 10.4. The van der Waals surface area contributed by atoms with Gasteiger partial charge in [-0.05, 0) is 24.3 Å². The van der Waals surface area contributed by atoms with Gasteiger partial charge in [0.1, 0.15) is 5.75 Å². The lowest BCUT2D eigenvalue weighted by atomic mass is 10.2. The Morgan fingerprint density at radius 1 is 1.22 bits per heavy atom. The monoisotopic (exact) mass is 335 g/mol. The Labute approximate surface area is 137 Å². The van der Waals surface area contributed by atoms with E-state index in [1.165, 1.54) is 19.2 Å². The molecular formula is C16H14ClNO5. The molecule has 2 aromatic rings. The van der Waals surface area contributed by atoms with E-state index in [1.54, 1.807) is 24.3 Å². The molecule has 0 fully saturated rings. The molecule has 0 heterocycles. The van der Waals surface area contributed by atoms with Crippen LogP contribution in [0.1, 0.15) is 10.4 Å². The lowest BCUT2D eigenvalue weighted by molar-refractivity contribution is -0.118. The number of carbonyl (C=O) groups is 2. The largest absolute Gasteiger partial charge is 0.493 e. The summed E-state index contributed by atoms with van der Waals surface area (Å²) in [4.78, 5) is 23.0. The summed E-state index contributed by atoms with van der Waals surface area (Å²) in [5, 5.41) is 11.7. The molecule has 23 heavy (non-hydrogen) atoms. The van der Waals surface area contributed by atoms with Gasteiger partial charge in [0.2, 0.25) is 0 Å². The standard InChI is InChI=1S/C16H14ClNO5/c1-22-15-12(17)7-10(16(20)21)8-13(15)18-14(19)9-23-11-5-3-2-4-6-11/h2-8H,9H2,1H3,(H,18,19)(H,20,21). The van der Waals surface area contributed by atoms with Gasteiger partial charge in [0.05, 0.1) is 23.4 Å². The highest BCUT2D eigenvalue weighted by Crippen LogP contribution is 2.34. The average Bonchev–Trinajstić information content (AvgIpc) is 2.53. The molecular weight excluding hydrogens is 322 g/mol. The van der Waals surface area contributed by atoms with E-state index in [0.29, 0.717) is 5.75 Å². The highest BCUT2D eigenvalue weighted by atomic mass is 35.5. The van der Waals surface area contributed by atoms with E-state index in [1.807, 2.05) is 6.07 Å². The molecule has 0 bridgehead atoms. The Bertz CT molecular complexity index is 718. The second-order valence-electron chi connectivity index (χ2n) is 4.49. The average molecular weight is 336 g/mol. The summed E-state index contributed by atoms with van der Waals surface area (Å²) in [5.41, 5.74) is 0.106. The Kier molecular flexibility index (Phi) is 5.43. The van der Waals surface area contributed by atoms with Gasteiger partial charge in [0.25, 0.3) is 5.91 Å². The van der Waals surface area contributed by atoms with Crippen molar-refractivity contribution < 1.29 is 24.2 Å². The second kappa shape index (κ2) is 7.51. The van der Waals surface area contributed by atoms with Crippen molar-refractivity contribution in [3.63, 3.8) is 0 Å². The minimum Gasteiger partial charge on any atom is -0.493 e. The summed E-state index contributed by atoms with van der Waals surface area (Å²) in [5.74, 6) is -0.895. The molecule has 0 aliphatic rings. The summed E-state index contributed by atoms with van der Waals surface area (Å²) in [6.07, 6.45) is 0. The van der Waals surface area contributed by atoms with Crippen molar-refractivity contribution in [3.8, 4) is 11.5 Å².